The lowest BCUT2D eigenvalue weighted by Gasteiger charge is -2.01. The molecule has 2 rings (SSSR count). The topological polar surface area (TPSA) is 88.5 Å². The Morgan fingerprint density at radius 3 is 3.06 bits per heavy atom. The van der Waals surface area contributed by atoms with Crippen LogP contribution in [0.5, 0.6) is 0 Å². The van der Waals surface area contributed by atoms with E-state index in [1.807, 2.05) is 19.1 Å². The summed E-state index contributed by atoms with van der Waals surface area (Å²) in [6.45, 7) is 2.04. The SMILES string of the molecule is CCc1nsc(SCc2ccnc(C(=N)N)c2)n1. The van der Waals surface area contributed by atoms with Crippen molar-refractivity contribution < 1.29 is 0 Å². The van der Waals surface area contributed by atoms with E-state index in [9.17, 15) is 0 Å². The Labute approximate surface area is 114 Å². The molecule has 7 heteroatoms. The highest BCUT2D eigenvalue weighted by Crippen LogP contribution is 2.24. The number of nitrogens with zero attached hydrogens (tertiary/aromatic N) is 3. The summed E-state index contributed by atoms with van der Waals surface area (Å²) in [5, 5.41) is 7.34. The van der Waals surface area contributed by atoms with Crippen molar-refractivity contribution in [1.29, 1.82) is 5.41 Å². The molecule has 0 saturated carbocycles. The fraction of sp³-hybridized carbons (Fsp3) is 0.273. The molecule has 0 aliphatic heterocycles. The van der Waals surface area contributed by atoms with Gasteiger partial charge in [-0.3, -0.25) is 10.4 Å². The lowest BCUT2D eigenvalue weighted by molar-refractivity contribution is 0.971. The Morgan fingerprint density at radius 1 is 1.56 bits per heavy atom. The first-order valence-electron chi connectivity index (χ1n) is 5.43. The summed E-state index contributed by atoms with van der Waals surface area (Å²) in [5.74, 6) is 1.66. The minimum atomic E-state index is -0.00830. The van der Waals surface area contributed by atoms with Crippen LogP contribution in [0.1, 0.15) is 24.0 Å². The molecule has 0 fully saturated rings. The van der Waals surface area contributed by atoms with E-state index in [2.05, 4.69) is 14.3 Å². The molecule has 0 aliphatic carbocycles. The molecule has 5 nitrogen and oxygen atoms in total. The van der Waals surface area contributed by atoms with Crippen LogP contribution in [0.15, 0.2) is 22.7 Å². The monoisotopic (exact) mass is 279 g/mol. The number of thioether (sulfide) groups is 1. The van der Waals surface area contributed by atoms with Crippen molar-refractivity contribution in [2.45, 2.75) is 23.4 Å². The van der Waals surface area contributed by atoms with Crippen LogP contribution < -0.4 is 5.73 Å². The summed E-state index contributed by atoms with van der Waals surface area (Å²) in [6, 6.07) is 3.75. The highest BCUT2D eigenvalue weighted by molar-refractivity contribution is 8.00. The predicted molar refractivity (Wildman–Crippen MR) is 74.1 cm³/mol. The number of nitrogens with one attached hydrogen (secondary N) is 1. The van der Waals surface area contributed by atoms with Crippen LogP contribution in [0.25, 0.3) is 0 Å². The fourth-order valence-corrected chi connectivity index (χ4v) is 2.94. The van der Waals surface area contributed by atoms with Gasteiger partial charge in [0, 0.05) is 18.4 Å². The Hall–Kier alpha value is -1.47. The second-order valence-corrected chi connectivity index (χ2v) is 5.56. The van der Waals surface area contributed by atoms with Gasteiger partial charge in [0.2, 0.25) is 0 Å². The third-order valence-corrected chi connectivity index (χ3v) is 4.17. The van der Waals surface area contributed by atoms with Crippen molar-refractivity contribution in [1.82, 2.24) is 14.3 Å². The number of amidine groups is 1. The van der Waals surface area contributed by atoms with Gasteiger partial charge >= 0.3 is 0 Å². The van der Waals surface area contributed by atoms with Gasteiger partial charge in [-0.05, 0) is 29.2 Å². The third-order valence-electron chi connectivity index (χ3n) is 2.23. The van der Waals surface area contributed by atoms with Crippen molar-refractivity contribution in [3.63, 3.8) is 0 Å². The number of nitrogen functional groups attached to an aromatic ring is 1. The molecule has 0 radical (unpaired) electrons. The second kappa shape index (κ2) is 5.92. The molecule has 0 aliphatic rings. The number of aromatic nitrogens is 3. The summed E-state index contributed by atoms with van der Waals surface area (Å²) in [4.78, 5) is 8.42. The molecular weight excluding hydrogens is 266 g/mol. The first-order chi connectivity index (χ1) is 8.69. The molecule has 0 unspecified atom stereocenters. The van der Waals surface area contributed by atoms with E-state index in [1.165, 1.54) is 11.5 Å². The standard InChI is InChI=1S/C11H13N5S2/c1-2-9-15-11(18-16-9)17-6-7-3-4-14-8(5-7)10(12)13/h3-5H,2,6H2,1H3,(H3,12,13). The van der Waals surface area contributed by atoms with E-state index in [0.29, 0.717) is 5.69 Å². The van der Waals surface area contributed by atoms with Gasteiger partial charge < -0.3 is 5.73 Å². The molecule has 0 spiro atoms. The summed E-state index contributed by atoms with van der Waals surface area (Å²) >= 11 is 3.06. The zero-order valence-electron chi connectivity index (χ0n) is 9.88. The van der Waals surface area contributed by atoms with Crippen LogP contribution in [-0.2, 0) is 12.2 Å². The first-order valence-corrected chi connectivity index (χ1v) is 7.19. The van der Waals surface area contributed by atoms with Crippen LogP contribution in [0, 0.1) is 5.41 Å². The average molecular weight is 279 g/mol. The molecule has 0 aromatic carbocycles. The van der Waals surface area contributed by atoms with Crippen LogP contribution >= 0.6 is 23.3 Å². The van der Waals surface area contributed by atoms with Crippen molar-refractivity contribution in [2.75, 3.05) is 0 Å². The van der Waals surface area contributed by atoms with E-state index in [1.54, 1.807) is 18.0 Å². The molecule has 0 amide bonds. The van der Waals surface area contributed by atoms with E-state index in [4.69, 9.17) is 11.1 Å². The first kappa shape index (κ1) is 13.0. The van der Waals surface area contributed by atoms with Gasteiger partial charge in [-0.15, -0.1) is 0 Å². The van der Waals surface area contributed by atoms with Gasteiger partial charge in [0.15, 0.2) is 4.34 Å². The van der Waals surface area contributed by atoms with E-state index in [-0.39, 0.29) is 5.84 Å². The van der Waals surface area contributed by atoms with Crippen molar-refractivity contribution >= 4 is 29.1 Å². The Bertz CT molecular complexity index is 552. The molecule has 2 heterocycles. The van der Waals surface area contributed by atoms with Gasteiger partial charge in [-0.1, -0.05) is 18.7 Å². The molecule has 2 aromatic heterocycles. The van der Waals surface area contributed by atoms with Gasteiger partial charge in [0.25, 0.3) is 0 Å². The predicted octanol–water partition coefficient (Wildman–Crippen LogP) is 2.07. The maximum atomic E-state index is 7.34. The summed E-state index contributed by atoms with van der Waals surface area (Å²) < 4.78 is 5.20. The molecule has 2 aromatic rings. The number of aryl methyl sites for hydroxylation is 1. The van der Waals surface area contributed by atoms with Crippen LogP contribution in [0.4, 0.5) is 0 Å². The van der Waals surface area contributed by atoms with Gasteiger partial charge in [0.05, 0.1) is 0 Å². The lowest BCUT2D eigenvalue weighted by atomic mass is 10.2. The lowest BCUT2D eigenvalue weighted by Crippen LogP contribution is -2.13. The molecular formula is C11H13N5S2. The number of rotatable bonds is 5. The highest BCUT2D eigenvalue weighted by Gasteiger charge is 2.05. The molecule has 18 heavy (non-hydrogen) atoms. The highest BCUT2D eigenvalue weighted by atomic mass is 32.2. The average Bonchev–Trinajstić information content (AvgIpc) is 2.84. The molecule has 94 valence electrons. The van der Waals surface area contributed by atoms with Crippen LogP contribution in [0.3, 0.4) is 0 Å². The van der Waals surface area contributed by atoms with E-state index < -0.39 is 0 Å². The third kappa shape index (κ3) is 3.27. The van der Waals surface area contributed by atoms with Crippen LogP contribution in [-0.4, -0.2) is 20.2 Å². The van der Waals surface area contributed by atoms with Gasteiger partial charge in [0.1, 0.15) is 17.4 Å². The molecule has 3 N–H and O–H groups in total. The van der Waals surface area contributed by atoms with E-state index in [0.717, 1.165) is 27.9 Å². The zero-order valence-corrected chi connectivity index (χ0v) is 11.5. The number of pyridine rings is 1. The summed E-state index contributed by atoms with van der Waals surface area (Å²) in [6.07, 6.45) is 2.53. The second-order valence-electron chi connectivity index (χ2n) is 3.58. The Kier molecular flexibility index (Phi) is 4.27. The maximum Gasteiger partial charge on any atom is 0.170 e. The minimum absolute atomic E-state index is 0.00830. The van der Waals surface area contributed by atoms with Crippen molar-refractivity contribution in [2.24, 2.45) is 5.73 Å². The van der Waals surface area contributed by atoms with Crippen molar-refractivity contribution in [3.05, 3.63) is 35.4 Å². The normalized spacial score (nSPS) is 10.5. The molecule has 0 saturated heterocycles. The minimum Gasteiger partial charge on any atom is -0.382 e. The van der Waals surface area contributed by atoms with E-state index >= 15 is 0 Å². The fourth-order valence-electron chi connectivity index (χ4n) is 1.30. The summed E-state index contributed by atoms with van der Waals surface area (Å²) in [5.41, 5.74) is 7.00. The largest absolute Gasteiger partial charge is 0.382 e. The molecule has 0 atom stereocenters. The maximum absolute atomic E-state index is 7.34. The zero-order chi connectivity index (χ0) is 13.0. The summed E-state index contributed by atoms with van der Waals surface area (Å²) in [7, 11) is 0. The molecule has 0 bridgehead atoms. The Morgan fingerprint density at radius 2 is 2.39 bits per heavy atom. The number of hydrogen-bond donors (Lipinski definition) is 2. The van der Waals surface area contributed by atoms with Crippen molar-refractivity contribution in [3.8, 4) is 0 Å². The van der Waals surface area contributed by atoms with Gasteiger partial charge in [-0.2, -0.15) is 4.37 Å². The Balaban J connectivity index is 2.01. The number of hydrogen-bond acceptors (Lipinski definition) is 6. The number of nitrogens with two attached hydrogens (primary N) is 1. The smallest absolute Gasteiger partial charge is 0.170 e. The van der Waals surface area contributed by atoms with Crippen LogP contribution in [0.2, 0.25) is 0 Å². The quantitative estimate of drug-likeness (QED) is 0.497. The van der Waals surface area contributed by atoms with Gasteiger partial charge in [-0.25, -0.2) is 4.98 Å².